The maximum Gasteiger partial charge on any atom is 0.118 e. The average Bonchev–Trinajstić information content (AvgIpc) is 2.46. The van der Waals surface area contributed by atoms with E-state index in [2.05, 4.69) is 38.2 Å². The van der Waals surface area contributed by atoms with Crippen LogP contribution in [-0.2, 0) is 0 Å². The molecule has 0 radical (unpaired) electrons. The van der Waals surface area contributed by atoms with Gasteiger partial charge in [0.15, 0.2) is 0 Å². The number of rotatable bonds is 8. The Balaban J connectivity index is 2.36. The third kappa shape index (κ3) is 5.21. The SMILES string of the molecule is CCC(C)C(O)CNCC(C)c1ccc(OC)cc1. The number of methoxy groups -OCH3 is 1. The molecule has 0 aromatic heterocycles. The van der Waals surface area contributed by atoms with E-state index >= 15 is 0 Å². The number of hydrogen-bond acceptors (Lipinski definition) is 3. The zero-order valence-electron chi connectivity index (χ0n) is 12.5. The van der Waals surface area contributed by atoms with Gasteiger partial charge in [-0.1, -0.05) is 39.3 Å². The molecule has 0 bridgehead atoms. The van der Waals surface area contributed by atoms with Crippen LogP contribution in [0.1, 0.15) is 38.7 Å². The predicted molar refractivity (Wildman–Crippen MR) is 79.7 cm³/mol. The zero-order chi connectivity index (χ0) is 14.3. The van der Waals surface area contributed by atoms with E-state index in [0.29, 0.717) is 18.4 Å². The van der Waals surface area contributed by atoms with E-state index in [1.54, 1.807) is 7.11 Å². The van der Waals surface area contributed by atoms with Crippen molar-refractivity contribution in [2.45, 2.75) is 39.2 Å². The van der Waals surface area contributed by atoms with Gasteiger partial charge in [-0.3, -0.25) is 0 Å². The average molecular weight is 265 g/mol. The molecule has 0 aliphatic rings. The molecule has 0 fully saturated rings. The van der Waals surface area contributed by atoms with Crippen molar-refractivity contribution in [3.63, 3.8) is 0 Å². The molecule has 3 unspecified atom stereocenters. The van der Waals surface area contributed by atoms with Gasteiger partial charge >= 0.3 is 0 Å². The topological polar surface area (TPSA) is 41.5 Å². The second-order valence-electron chi connectivity index (χ2n) is 5.29. The van der Waals surface area contributed by atoms with Crippen LogP contribution in [-0.4, -0.2) is 31.4 Å². The molecule has 1 rings (SSSR count). The van der Waals surface area contributed by atoms with Crippen LogP contribution < -0.4 is 10.1 Å². The quantitative estimate of drug-likeness (QED) is 0.759. The van der Waals surface area contributed by atoms with Crippen LogP contribution in [0, 0.1) is 5.92 Å². The first-order valence-electron chi connectivity index (χ1n) is 7.11. The standard InChI is InChI=1S/C16H27NO2/c1-5-12(2)16(18)11-17-10-13(3)14-6-8-15(19-4)9-7-14/h6-9,12-13,16-18H,5,10-11H2,1-4H3. The lowest BCUT2D eigenvalue weighted by Gasteiger charge is -2.19. The van der Waals surface area contributed by atoms with Gasteiger partial charge in [-0.25, -0.2) is 0 Å². The van der Waals surface area contributed by atoms with E-state index in [1.165, 1.54) is 5.56 Å². The van der Waals surface area contributed by atoms with Crippen LogP contribution in [0.25, 0.3) is 0 Å². The summed E-state index contributed by atoms with van der Waals surface area (Å²) in [5.41, 5.74) is 1.28. The smallest absolute Gasteiger partial charge is 0.118 e. The number of aliphatic hydroxyl groups is 1. The second-order valence-corrected chi connectivity index (χ2v) is 5.29. The largest absolute Gasteiger partial charge is 0.497 e. The molecule has 3 heteroatoms. The lowest BCUT2D eigenvalue weighted by molar-refractivity contribution is 0.113. The maximum atomic E-state index is 9.89. The Morgan fingerprint density at radius 1 is 1.16 bits per heavy atom. The minimum atomic E-state index is -0.256. The van der Waals surface area contributed by atoms with Crippen molar-refractivity contribution < 1.29 is 9.84 Å². The molecule has 0 aliphatic heterocycles. The summed E-state index contributed by atoms with van der Waals surface area (Å²) in [5.74, 6) is 1.66. The maximum absolute atomic E-state index is 9.89. The second kappa shape index (κ2) is 8.18. The number of benzene rings is 1. The molecule has 0 spiro atoms. The summed E-state index contributed by atoms with van der Waals surface area (Å²) in [6.45, 7) is 7.91. The van der Waals surface area contributed by atoms with Gasteiger partial charge < -0.3 is 15.2 Å². The Morgan fingerprint density at radius 3 is 2.32 bits per heavy atom. The van der Waals surface area contributed by atoms with Crippen molar-refractivity contribution in [3.05, 3.63) is 29.8 Å². The van der Waals surface area contributed by atoms with Gasteiger partial charge in [0.05, 0.1) is 13.2 Å². The van der Waals surface area contributed by atoms with Crippen LogP contribution in [0.5, 0.6) is 5.75 Å². The number of hydrogen-bond donors (Lipinski definition) is 2. The Kier molecular flexibility index (Phi) is 6.89. The van der Waals surface area contributed by atoms with Crippen molar-refractivity contribution in [1.29, 1.82) is 0 Å². The van der Waals surface area contributed by atoms with Crippen molar-refractivity contribution in [2.24, 2.45) is 5.92 Å². The molecular formula is C16H27NO2. The van der Waals surface area contributed by atoms with Crippen LogP contribution in [0.3, 0.4) is 0 Å². The van der Waals surface area contributed by atoms with Gasteiger partial charge in [-0.05, 0) is 29.5 Å². The number of ether oxygens (including phenoxy) is 1. The van der Waals surface area contributed by atoms with Crippen molar-refractivity contribution in [1.82, 2.24) is 5.32 Å². The predicted octanol–water partition coefficient (Wildman–Crippen LogP) is 2.80. The van der Waals surface area contributed by atoms with E-state index in [1.807, 2.05) is 12.1 Å². The van der Waals surface area contributed by atoms with E-state index in [-0.39, 0.29) is 6.10 Å². The van der Waals surface area contributed by atoms with Crippen molar-refractivity contribution in [3.8, 4) is 5.75 Å². The van der Waals surface area contributed by atoms with Crippen LogP contribution in [0.4, 0.5) is 0 Å². The van der Waals surface area contributed by atoms with Crippen LogP contribution >= 0.6 is 0 Å². The van der Waals surface area contributed by atoms with Gasteiger partial charge in [-0.2, -0.15) is 0 Å². The highest BCUT2D eigenvalue weighted by molar-refractivity contribution is 5.29. The molecule has 1 aromatic rings. The third-order valence-electron chi connectivity index (χ3n) is 3.79. The molecule has 0 saturated heterocycles. The van der Waals surface area contributed by atoms with Crippen LogP contribution in [0.15, 0.2) is 24.3 Å². The molecule has 3 nitrogen and oxygen atoms in total. The summed E-state index contributed by atoms with van der Waals surface area (Å²) in [6.07, 6.45) is 0.754. The highest BCUT2D eigenvalue weighted by atomic mass is 16.5. The Bertz CT molecular complexity index is 350. The fourth-order valence-electron chi connectivity index (χ4n) is 1.97. The summed E-state index contributed by atoms with van der Waals surface area (Å²) in [6, 6.07) is 8.16. The fraction of sp³-hybridized carbons (Fsp3) is 0.625. The van der Waals surface area contributed by atoms with Crippen LogP contribution in [0.2, 0.25) is 0 Å². The molecule has 0 saturated carbocycles. The third-order valence-corrected chi connectivity index (χ3v) is 3.79. The highest BCUT2D eigenvalue weighted by Crippen LogP contribution is 2.18. The lowest BCUT2D eigenvalue weighted by atomic mass is 10.00. The summed E-state index contributed by atoms with van der Waals surface area (Å²) in [5, 5.41) is 13.2. The number of aliphatic hydroxyl groups excluding tert-OH is 1. The molecule has 19 heavy (non-hydrogen) atoms. The van der Waals surface area contributed by atoms with Gasteiger partial charge in [0, 0.05) is 13.1 Å². The molecule has 0 aliphatic carbocycles. The molecule has 1 aromatic carbocycles. The first-order chi connectivity index (χ1) is 9.08. The Morgan fingerprint density at radius 2 is 1.79 bits per heavy atom. The molecule has 0 heterocycles. The van der Waals surface area contributed by atoms with E-state index in [9.17, 15) is 5.11 Å². The van der Waals surface area contributed by atoms with Gasteiger partial charge in [0.1, 0.15) is 5.75 Å². The molecular weight excluding hydrogens is 238 g/mol. The minimum Gasteiger partial charge on any atom is -0.497 e. The summed E-state index contributed by atoms with van der Waals surface area (Å²) in [7, 11) is 1.68. The van der Waals surface area contributed by atoms with Crippen molar-refractivity contribution >= 4 is 0 Å². The molecule has 108 valence electrons. The molecule has 2 N–H and O–H groups in total. The monoisotopic (exact) mass is 265 g/mol. The van der Waals surface area contributed by atoms with E-state index in [0.717, 1.165) is 18.7 Å². The zero-order valence-corrected chi connectivity index (χ0v) is 12.5. The van der Waals surface area contributed by atoms with E-state index in [4.69, 9.17) is 4.74 Å². The lowest BCUT2D eigenvalue weighted by Crippen LogP contribution is -2.33. The minimum absolute atomic E-state index is 0.256. The van der Waals surface area contributed by atoms with E-state index < -0.39 is 0 Å². The normalized spacial score (nSPS) is 15.8. The van der Waals surface area contributed by atoms with Gasteiger partial charge in [-0.15, -0.1) is 0 Å². The molecule has 0 amide bonds. The fourth-order valence-corrected chi connectivity index (χ4v) is 1.97. The summed E-state index contributed by atoms with van der Waals surface area (Å²) >= 11 is 0. The number of nitrogens with one attached hydrogen (secondary N) is 1. The Hall–Kier alpha value is -1.06. The Labute approximate surface area is 117 Å². The van der Waals surface area contributed by atoms with Gasteiger partial charge in [0.2, 0.25) is 0 Å². The first-order valence-corrected chi connectivity index (χ1v) is 7.11. The highest BCUT2D eigenvalue weighted by Gasteiger charge is 2.12. The summed E-state index contributed by atoms with van der Waals surface area (Å²) < 4.78 is 5.15. The summed E-state index contributed by atoms with van der Waals surface area (Å²) in [4.78, 5) is 0. The first kappa shape index (κ1) is 16.0. The van der Waals surface area contributed by atoms with Gasteiger partial charge in [0.25, 0.3) is 0 Å². The van der Waals surface area contributed by atoms with Crippen molar-refractivity contribution in [2.75, 3.05) is 20.2 Å². The molecule has 3 atom stereocenters.